The number of aliphatic hydroxyl groups is 1. The number of carbonyl (C=O) groups excluding carboxylic acids is 1. The first-order chi connectivity index (χ1) is 9.28. The molecule has 4 nitrogen and oxygen atoms in total. The Hall–Kier alpha value is -1.55. The zero-order valence-corrected chi connectivity index (χ0v) is 13.2. The van der Waals surface area contributed by atoms with Crippen LogP contribution in [-0.2, 0) is 0 Å². The van der Waals surface area contributed by atoms with E-state index in [-0.39, 0.29) is 5.91 Å². The zero-order valence-electron chi connectivity index (χ0n) is 13.2. The number of likely N-dealkylation sites (N-methyl/N-ethyl adjacent to an activating group) is 1. The molecule has 0 atom stereocenters. The van der Waals surface area contributed by atoms with Crippen LogP contribution in [0.15, 0.2) is 18.2 Å². The van der Waals surface area contributed by atoms with E-state index in [2.05, 4.69) is 5.32 Å². The molecule has 0 saturated carbocycles. The van der Waals surface area contributed by atoms with E-state index >= 15 is 0 Å². The Morgan fingerprint density at radius 3 is 2.50 bits per heavy atom. The van der Waals surface area contributed by atoms with Gasteiger partial charge in [0.2, 0.25) is 0 Å². The first-order valence-corrected chi connectivity index (χ1v) is 7.14. The number of benzene rings is 1. The molecule has 0 bridgehead atoms. The van der Waals surface area contributed by atoms with Gasteiger partial charge in [-0.25, -0.2) is 0 Å². The fourth-order valence-corrected chi connectivity index (χ4v) is 2.14. The Morgan fingerprint density at radius 2 is 2.00 bits per heavy atom. The third-order valence-electron chi connectivity index (χ3n) is 3.02. The highest BCUT2D eigenvalue weighted by molar-refractivity contribution is 5.99. The summed E-state index contributed by atoms with van der Waals surface area (Å²) in [5.41, 5.74) is 1.66. The highest BCUT2D eigenvalue weighted by Gasteiger charge is 2.23. The van der Waals surface area contributed by atoms with Crippen molar-refractivity contribution in [2.24, 2.45) is 0 Å². The average molecular weight is 278 g/mol. The van der Waals surface area contributed by atoms with Crippen molar-refractivity contribution >= 4 is 11.6 Å². The standard InChI is InChI=1S/C16H26N2O2/c1-6-17-14-9-8-12(3)10-13(14)15(19)18(7-2)11-16(4,5)20/h8-10,17,20H,6-7,11H2,1-5H3. The van der Waals surface area contributed by atoms with Gasteiger partial charge in [-0.3, -0.25) is 4.79 Å². The molecule has 4 heteroatoms. The van der Waals surface area contributed by atoms with E-state index in [0.29, 0.717) is 18.7 Å². The summed E-state index contributed by atoms with van der Waals surface area (Å²) in [6.07, 6.45) is 0. The van der Waals surface area contributed by atoms with Crippen LogP contribution in [0.1, 0.15) is 43.6 Å². The fourth-order valence-electron chi connectivity index (χ4n) is 2.14. The van der Waals surface area contributed by atoms with Crippen molar-refractivity contribution in [3.63, 3.8) is 0 Å². The lowest BCUT2D eigenvalue weighted by Crippen LogP contribution is -2.42. The summed E-state index contributed by atoms with van der Waals surface area (Å²) in [7, 11) is 0. The van der Waals surface area contributed by atoms with E-state index in [1.165, 1.54) is 0 Å². The van der Waals surface area contributed by atoms with Gasteiger partial charge >= 0.3 is 0 Å². The number of carbonyl (C=O) groups is 1. The summed E-state index contributed by atoms with van der Waals surface area (Å²) in [5.74, 6) is -0.0470. The minimum Gasteiger partial charge on any atom is -0.389 e. The summed E-state index contributed by atoms with van der Waals surface area (Å²) in [6.45, 7) is 11.0. The lowest BCUT2D eigenvalue weighted by atomic mass is 10.1. The molecular weight excluding hydrogens is 252 g/mol. The molecule has 1 rings (SSSR count). The van der Waals surface area contributed by atoms with Gasteiger partial charge in [-0.1, -0.05) is 11.6 Å². The minimum atomic E-state index is -0.895. The summed E-state index contributed by atoms with van der Waals surface area (Å²) >= 11 is 0. The molecule has 1 amide bonds. The molecule has 0 aliphatic heterocycles. The molecule has 0 aliphatic carbocycles. The zero-order chi connectivity index (χ0) is 15.3. The second-order valence-electron chi connectivity index (χ2n) is 5.71. The quantitative estimate of drug-likeness (QED) is 0.841. The van der Waals surface area contributed by atoms with Crippen molar-refractivity contribution in [2.75, 3.05) is 25.0 Å². The molecule has 0 heterocycles. The van der Waals surface area contributed by atoms with E-state index in [9.17, 15) is 9.90 Å². The lowest BCUT2D eigenvalue weighted by molar-refractivity contribution is 0.0315. The average Bonchev–Trinajstić information content (AvgIpc) is 2.36. The van der Waals surface area contributed by atoms with Gasteiger partial charge in [0, 0.05) is 25.3 Å². The number of aryl methyl sites for hydroxylation is 1. The summed E-state index contributed by atoms with van der Waals surface area (Å²) < 4.78 is 0. The Bertz CT molecular complexity index is 464. The molecule has 0 aromatic heterocycles. The first-order valence-electron chi connectivity index (χ1n) is 7.14. The van der Waals surface area contributed by atoms with Gasteiger partial charge < -0.3 is 15.3 Å². The van der Waals surface area contributed by atoms with Gasteiger partial charge in [-0.2, -0.15) is 0 Å². The SMILES string of the molecule is CCNc1ccc(C)cc1C(=O)N(CC)CC(C)(C)O. The van der Waals surface area contributed by atoms with Crippen molar-refractivity contribution in [3.05, 3.63) is 29.3 Å². The highest BCUT2D eigenvalue weighted by Crippen LogP contribution is 2.20. The molecule has 0 saturated heterocycles. The molecule has 0 unspecified atom stereocenters. The molecule has 20 heavy (non-hydrogen) atoms. The van der Waals surface area contributed by atoms with Gasteiger partial charge in [-0.15, -0.1) is 0 Å². The number of nitrogens with one attached hydrogen (secondary N) is 1. The Kier molecular flexibility index (Phi) is 5.57. The number of hydrogen-bond acceptors (Lipinski definition) is 3. The molecule has 2 N–H and O–H groups in total. The number of nitrogens with zero attached hydrogens (tertiary/aromatic N) is 1. The maximum Gasteiger partial charge on any atom is 0.256 e. The number of amides is 1. The molecule has 0 radical (unpaired) electrons. The molecule has 1 aromatic rings. The Balaban J connectivity index is 3.08. The summed E-state index contributed by atoms with van der Waals surface area (Å²) in [4.78, 5) is 14.4. The lowest BCUT2D eigenvalue weighted by Gasteiger charge is -2.29. The van der Waals surface area contributed by atoms with Gasteiger partial charge in [-0.05, 0) is 46.8 Å². The van der Waals surface area contributed by atoms with Crippen molar-refractivity contribution in [1.82, 2.24) is 4.90 Å². The highest BCUT2D eigenvalue weighted by atomic mass is 16.3. The van der Waals surface area contributed by atoms with Gasteiger partial charge in [0.1, 0.15) is 0 Å². The molecular formula is C16H26N2O2. The predicted molar refractivity (Wildman–Crippen MR) is 83.2 cm³/mol. The Labute approximate surface area is 121 Å². The van der Waals surface area contributed by atoms with E-state index in [1.807, 2.05) is 39.0 Å². The molecule has 0 aliphatic rings. The number of anilines is 1. The second kappa shape index (κ2) is 6.75. The maximum absolute atomic E-state index is 12.7. The first kappa shape index (κ1) is 16.5. The van der Waals surface area contributed by atoms with E-state index in [1.54, 1.807) is 18.7 Å². The predicted octanol–water partition coefficient (Wildman–Crippen LogP) is 2.66. The van der Waals surface area contributed by atoms with Crippen molar-refractivity contribution in [1.29, 1.82) is 0 Å². The van der Waals surface area contributed by atoms with Gasteiger partial charge in [0.05, 0.1) is 11.2 Å². The molecule has 112 valence electrons. The van der Waals surface area contributed by atoms with E-state index < -0.39 is 5.60 Å². The number of rotatable bonds is 6. The van der Waals surface area contributed by atoms with Crippen LogP contribution >= 0.6 is 0 Å². The fraction of sp³-hybridized carbons (Fsp3) is 0.562. The third kappa shape index (κ3) is 4.53. The summed E-state index contributed by atoms with van der Waals surface area (Å²) in [6, 6.07) is 5.82. The topological polar surface area (TPSA) is 52.6 Å². The molecule has 0 fully saturated rings. The van der Waals surface area contributed by atoms with Gasteiger partial charge in [0.15, 0.2) is 0 Å². The van der Waals surface area contributed by atoms with Crippen LogP contribution < -0.4 is 5.32 Å². The van der Waals surface area contributed by atoms with Crippen LogP contribution in [0.2, 0.25) is 0 Å². The van der Waals surface area contributed by atoms with Crippen LogP contribution in [0.4, 0.5) is 5.69 Å². The largest absolute Gasteiger partial charge is 0.389 e. The minimum absolute atomic E-state index is 0.0470. The van der Waals surface area contributed by atoms with Gasteiger partial charge in [0.25, 0.3) is 5.91 Å². The summed E-state index contributed by atoms with van der Waals surface area (Å²) in [5, 5.41) is 13.1. The van der Waals surface area contributed by atoms with Crippen LogP contribution in [0.3, 0.4) is 0 Å². The van der Waals surface area contributed by atoms with Crippen molar-refractivity contribution in [2.45, 2.75) is 40.2 Å². The molecule has 0 spiro atoms. The third-order valence-corrected chi connectivity index (χ3v) is 3.02. The normalized spacial score (nSPS) is 11.3. The maximum atomic E-state index is 12.7. The molecule has 1 aromatic carbocycles. The van der Waals surface area contributed by atoms with E-state index in [0.717, 1.165) is 17.8 Å². The van der Waals surface area contributed by atoms with Crippen LogP contribution in [0.5, 0.6) is 0 Å². The number of hydrogen-bond donors (Lipinski definition) is 2. The Morgan fingerprint density at radius 1 is 1.35 bits per heavy atom. The van der Waals surface area contributed by atoms with Crippen molar-refractivity contribution in [3.8, 4) is 0 Å². The second-order valence-corrected chi connectivity index (χ2v) is 5.71. The smallest absolute Gasteiger partial charge is 0.256 e. The van der Waals surface area contributed by atoms with E-state index in [4.69, 9.17) is 0 Å². The van der Waals surface area contributed by atoms with Crippen LogP contribution in [0, 0.1) is 6.92 Å². The van der Waals surface area contributed by atoms with Crippen LogP contribution in [-0.4, -0.2) is 41.1 Å². The monoisotopic (exact) mass is 278 g/mol. The van der Waals surface area contributed by atoms with Crippen LogP contribution in [0.25, 0.3) is 0 Å². The van der Waals surface area contributed by atoms with Crippen molar-refractivity contribution < 1.29 is 9.90 Å².